The van der Waals surface area contributed by atoms with E-state index in [2.05, 4.69) is 0 Å². The molecule has 0 saturated carbocycles. The first-order chi connectivity index (χ1) is 13.4. The quantitative estimate of drug-likeness (QED) is 0.481. The second kappa shape index (κ2) is 9.54. The van der Waals surface area contributed by atoms with Gasteiger partial charge in [-0.2, -0.15) is 0 Å². The van der Waals surface area contributed by atoms with E-state index in [4.69, 9.17) is 14.2 Å². The molecule has 2 rings (SSSR count). The lowest BCUT2D eigenvalue weighted by Crippen LogP contribution is -2.34. The van der Waals surface area contributed by atoms with Gasteiger partial charge >= 0.3 is 0 Å². The third-order valence-electron chi connectivity index (χ3n) is 4.03. The van der Waals surface area contributed by atoms with Crippen LogP contribution in [0.5, 0.6) is 17.2 Å². The summed E-state index contributed by atoms with van der Waals surface area (Å²) in [5.74, 6) is -0.372. The summed E-state index contributed by atoms with van der Waals surface area (Å²) in [6.07, 6.45) is 0. The normalized spacial score (nSPS) is 10.3. The molecule has 28 heavy (non-hydrogen) atoms. The van der Waals surface area contributed by atoms with Gasteiger partial charge in [0.05, 0.1) is 25.2 Å². The minimum atomic E-state index is -0.565. The highest BCUT2D eigenvalue weighted by atomic mass is 19.1. The van der Waals surface area contributed by atoms with Crippen molar-refractivity contribution in [3.63, 3.8) is 0 Å². The molecule has 0 bridgehead atoms. The maximum atomic E-state index is 13.8. The molecule has 2 aromatic rings. The van der Waals surface area contributed by atoms with Gasteiger partial charge in [0.1, 0.15) is 0 Å². The predicted octanol–water partition coefficient (Wildman–Crippen LogP) is 3.18. The number of nitrogens with zero attached hydrogens (tertiary/aromatic N) is 2. The van der Waals surface area contributed by atoms with E-state index in [1.54, 1.807) is 13.0 Å². The van der Waals surface area contributed by atoms with Gasteiger partial charge < -0.3 is 19.1 Å². The Kier molecular flexibility index (Phi) is 7.14. The molecule has 2 aromatic carbocycles. The Balaban J connectivity index is 2.07. The van der Waals surface area contributed by atoms with Crippen molar-refractivity contribution in [3.8, 4) is 17.2 Å². The first-order valence-electron chi connectivity index (χ1n) is 8.45. The molecule has 150 valence electrons. The van der Waals surface area contributed by atoms with Crippen LogP contribution in [0.1, 0.15) is 12.5 Å². The van der Waals surface area contributed by atoms with E-state index >= 15 is 0 Å². The summed E-state index contributed by atoms with van der Waals surface area (Å²) in [5, 5.41) is 10.9. The zero-order valence-electron chi connectivity index (χ0n) is 15.8. The molecule has 1 amide bonds. The van der Waals surface area contributed by atoms with E-state index < -0.39 is 10.7 Å². The van der Waals surface area contributed by atoms with Crippen LogP contribution in [0.2, 0.25) is 0 Å². The van der Waals surface area contributed by atoms with Gasteiger partial charge in [-0.3, -0.25) is 14.9 Å². The maximum Gasteiger partial charge on any atom is 0.273 e. The van der Waals surface area contributed by atoms with Crippen molar-refractivity contribution < 1.29 is 28.3 Å². The van der Waals surface area contributed by atoms with Crippen molar-refractivity contribution in [3.05, 3.63) is 57.9 Å². The van der Waals surface area contributed by atoms with Gasteiger partial charge in [0.2, 0.25) is 0 Å². The Hall–Kier alpha value is -3.36. The molecular weight excluding hydrogens is 371 g/mol. The number of carbonyl (C=O) groups excluding carboxylic acids is 1. The van der Waals surface area contributed by atoms with Crippen LogP contribution < -0.4 is 14.2 Å². The zero-order valence-corrected chi connectivity index (χ0v) is 15.8. The summed E-state index contributed by atoms with van der Waals surface area (Å²) in [5.41, 5.74) is 0.422. The van der Waals surface area contributed by atoms with E-state index in [0.717, 1.165) is 0 Å². The molecule has 9 heteroatoms. The van der Waals surface area contributed by atoms with E-state index in [-0.39, 0.29) is 42.0 Å². The van der Waals surface area contributed by atoms with Crippen molar-refractivity contribution >= 4 is 11.6 Å². The number of hydrogen-bond acceptors (Lipinski definition) is 6. The van der Waals surface area contributed by atoms with Crippen molar-refractivity contribution in [2.75, 3.05) is 27.4 Å². The van der Waals surface area contributed by atoms with Gasteiger partial charge in [0.15, 0.2) is 29.7 Å². The smallest absolute Gasteiger partial charge is 0.273 e. The van der Waals surface area contributed by atoms with E-state index in [0.29, 0.717) is 12.1 Å². The number of methoxy groups -OCH3 is 2. The number of amides is 1. The number of likely N-dealkylation sites (N-methyl/N-ethyl adjacent to an activating group) is 1. The minimum Gasteiger partial charge on any atom is -0.494 e. The lowest BCUT2D eigenvalue weighted by Gasteiger charge is -2.21. The van der Waals surface area contributed by atoms with Gasteiger partial charge in [-0.25, -0.2) is 4.39 Å². The van der Waals surface area contributed by atoms with Crippen LogP contribution in [0.15, 0.2) is 36.4 Å². The van der Waals surface area contributed by atoms with E-state index in [9.17, 15) is 19.3 Å². The van der Waals surface area contributed by atoms with Crippen molar-refractivity contribution in [2.24, 2.45) is 0 Å². The van der Waals surface area contributed by atoms with Gasteiger partial charge in [-0.05, 0) is 30.7 Å². The Morgan fingerprint density at radius 3 is 2.36 bits per heavy atom. The largest absolute Gasteiger partial charge is 0.494 e. The maximum absolute atomic E-state index is 13.8. The Morgan fingerprint density at radius 1 is 1.11 bits per heavy atom. The number of rotatable bonds is 9. The summed E-state index contributed by atoms with van der Waals surface area (Å²) in [6, 6.07) is 8.34. The average Bonchev–Trinajstić information content (AvgIpc) is 2.69. The molecule has 0 aliphatic heterocycles. The van der Waals surface area contributed by atoms with Gasteiger partial charge in [-0.1, -0.05) is 6.07 Å². The predicted molar refractivity (Wildman–Crippen MR) is 99.2 cm³/mol. The molecule has 0 N–H and O–H groups in total. The fourth-order valence-corrected chi connectivity index (χ4v) is 2.53. The van der Waals surface area contributed by atoms with Crippen LogP contribution >= 0.6 is 0 Å². The van der Waals surface area contributed by atoms with Crippen LogP contribution in [-0.4, -0.2) is 43.1 Å². The van der Waals surface area contributed by atoms with Crippen molar-refractivity contribution in [2.45, 2.75) is 13.5 Å². The van der Waals surface area contributed by atoms with E-state index in [1.165, 1.54) is 49.5 Å². The summed E-state index contributed by atoms with van der Waals surface area (Å²) >= 11 is 0. The number of non-ortho nitro benzene ring substituents is 1. The fraction of sp³-hybridized carbons (Fsp3) is 0.316. The summed E-state index contributed by atoms with van der Waals surface area (Å²) in [4.78, 5) is 24.3. The first kappa shape index (κ1) is 20.9. The molecule has 0 saturated heterocycles. The molecule has 0 heterocycles. The van der Waals surface area contributed by atoms with Crippen LogP contribution in [-0.2, 0) is 11.3 Å². The third-order valence-corrected chi connectivity index (χ3v) is 4.03. The number of carbonyl (C=O) groups is 1. The highest BCUT2D eigenvalue weighted by Gasteiger charge is 2.17. The standard InChI is InChI=1S/C19H21FN2O6/c1-4-21(11-13-5-7-16(26-2)15(20)9-13)19(23)12-28-18-10-14(22(24)25)6-8-17(18)27-3/h5-10H,4,11-12H2,1-3H3. The number of ether oxygens (including phenoxy) is 3. The first-order valence-corrected chi connectivity index (χ1v) is 8.45. The van der Waals surface area contributed by atoms with Gasteiger partial charge in [-0.15, -0.1) is 0 Å². The number of hydrogen-bond donors (Lipinski definition) is 0. The molecule has 0 aromatic heterocycles. The van der Waals surface area contributed by atoms with Crippen molar-refractivity contribution in [1.29, 1.82) is 0 Å². The van der Waals surface area contributed by atoms with E-state index in [1.807, 2.05) is 0 Å². The number of halogens is 1. The Labute approximate surface area is 161 Å². The lowest BCUT2D eigenvalue weighted by atomic mass is 10.2. The highest BCUT2D eigenvalue weighted by Crippen LogP contribution is 2.31. The molecule has 0 spiro atoms. The van der Waals surface area contributed by atoms with Crippen LogP contribution in [0, 0.1) is 15.9 Å². The van der Waals surface area contributed by atoms with Crippen molar-refractivity contribution in [1.82, 2.24) is 4.90 Å². The topological polar surface area (TPSA) is 91.1 Å². The van der Waals surface area contributed by atoms with Crippen LogP contribution in [0.4, 0.5) is 10.1 Å². The molecule has 0 atom stereocenters. The summed E-state index contributed by atoms with van der Waals surface area (Å²) in [6.45, 7) is 2.00. The number of nitro groups is 1. The zero-order chi connectivity index (χ0) is 20.7. The molecule has 8 nitrogen and oxygen atoms in total. The van der Waals surface area contributed by atoms with Gasteiger partial charge in [0.25, 0.3) is 11.6 Å². The summed E-state index contributed by atoms with van der Waals surface area (Å²) < 4.78 is 29.3. The van der Waals surface area contributed by atoms with Crippen LogP contribution in [0.3, 0.4) is 0 Å². The molecule has 0 radical (unpaired) electrons. The fourth-order valence-electron chi connectivity index (χ4n) is 2.53. The average molecular weight is 392 g/mol. The highest BCUT2D eigenvalue weighted by molar-refractivity contribution is 5.78. The SMILES string of the molecule is CCN(Cc1ccc(OC)c(F)c1)C(=O)COc1cc([N+](=O)[O-])ccc1OC. The third kappa shape index (κ3) is 5.09. The molecule has 0 unspecified atom stereocenters. The second-order valence-electron chi connectivity index (χ2n) is 5.76. The Bertz CT molecular complexity index is 858. The molecule has 0 aliphatic rings. The molecule has 0 fully saturated rings. The second-order valence-corrected chi connectivity index (χ2v) is 5.76. The van der Waals surface area contributed by atoms with Crippen LogP contribution in [0.25, 0.3) is 0 Å². The number of benzene rings is 2. The lowest BCUT2D eigenvalue weighted by molar-refractivity contribution is -0.385. The van der Waals surface area contributed by atoms with Gasteiger partial charge in [0, 0.05) is 19.2 Å². The number of nitro benzene ring substituents is 1. The summed E-state index contributed by atoms with van der Waals surface area (Å²) in [7, 11) is 2.77. The Morgan fingerprint density at radius 2 is 1.79 bits per heavy atom. The minimum absolute atomic E-state index is 0.0941. The molecule has 0 aliphatic carbocycles. The monoisotopic (exact) mass is 392 g/mol. The molecular formula is C19H21FN2O6.